The lowest BCUT2D eigenvalue weighted by Gasteiger charge is -2.14. The van der Waals surface area contributed by atoms with Gasteiger partial charge in [0.15, 0.2) is 0 Å². The van der Waals surface area contributed by atoms with Gasteiger partial charge in [-0.3, -0.25) is 4.57 Å². The Kier molecular flexibility index (Phi) is 7.04. The van der Waals surface area contributed by atoms with Crippen molar-refractivity contribution in [2.45, 2.75) is 0 Å². The van der Waals surface area contributed by atoms with Gasteiger partial charge in [-0.1, -0.05) is 164 Å². The highest BCUT2D eigenvalue weighted by Gasteiger charge is 2.20. The summed E-state index contributed by atoms with van der Waals surface area (Å²) in [6.07, 6.45) is 0. The van der Waals surface area contributed by atoms with Gasteiger partial charge in [-0.2, -0.15) is 0 Å². The Hall–Kier alpha value is -6.88. The number of rotatable bonds is 5. The van der Waals surface area contributed by atoms with Crippen LogP contribution in [0.2, 0.25) is 0 Å². The Balaban J connectivity index is 1.08. The number of nitrogens with zero attached hydrogens (tertiary/aromatic N) is 3. The van der Waals surface area contributed by atoms with Gasteiger partial charge in [0, 0.05) is 26.4 Å². The van der Waals surface area contributed by atoms with E-state index in [1.54, 1.807) is 11.3 Å². The van der Waals surface area contributed by atoms with E-state index in [1.807, 2.05) is 0 Å². The number of thiophene rings is 1. The fourth-order valence-electron chi connectivity index (χ4n) is 8.14. The van der Waals surface area contributed by atoms with Crippen LogP contribution in [-0.2, 0) is 0 Å². The van der Waals surface area contributed by atoms with Crippen LogP contribution in [0.1, 0.15) is 0 Å². The number of para-hydroxylation sites is 2. The van der Waals surface area contributed by atoms with Crippen molar-refractivity contribution in [3.05, 3.63) is 188 Å². The lowest BCUT2D eigenvalue weighted by Crippen LogP contribution is -2.02. The third kappa shape index (κ3) is 4.88. The van der Waals surface area contributed by atoms with Crippen LogP contribution in [0.15, 0.2) is 188 Å². The topological polar surface area (TPSA) is 30.7 Å². The third-order valence-corrected chi connectivity index (χ3v) is 11.8. The van der Waals surface area contributed by atoms with Crippen LogP contribution in [0.25, 0.3) is 103 Å². The lowest BCUT2D eigenvalue weighted by molar-refractivity contribution is 1.02. The van der Waals surface area contributed by atoms with Crippen molar-refractivity contribution in [1.82, 2.24) is 14.5 Å². The maximum Gasteiger partial charge on any atom is 0.235 e. The molecule has 0 fully saturated rings. The first-order valence-electron chi connectivity index (χ1n) is 18.2. The van der Waals surface area contributed by atoms with Gasteiger partial charge in [0.2, 0.25) is 5.95 Å². The molecule has 3 heterocycles. The molecule has 0 aliphatic rings. The van der Waals surface area contributed by atoms with E-state index in [4.69, 9.17) is 9.97 Å². The van der Waals surface area contributed by atoms with E-state index in [9.17, 15) is 0 Å². The van der Waals surface area contributed by atoms with Crippen molar-refractivity contribution in [3.8, 4) is 50.6 Å². The van der Waals surface area contributed by atoms with Gasteiger partial charge < -0.3 is 0 Å². The normalized spacial score (nSPS) is 11.7. The molecule has 8 aromatic carbocycles. The highest BCUT2D eigenvalue weighted by atomic mass is 32.1. The Morgan fingerprint density at radius 1 is 0.407 bits per heavy atom. The van der Waals surface area contributed by atoms with Gasteiger partial charge in [-0.25, -0.2) is 9.97 Å². The average Bonchev–Trinajstić information content (AvgIpc) is 3.79. The van der Waals surface area contributed by atoms with Crippen molar-refractivity contribution in [1.29, 1.82) is 0 Å². The van der Waals surface area contributed by atoms with Crippen LogP contribution in [-0.4, -0.2) is 14.5 Å². The summed E-state index contributed by atoms with van der Waals surface area (Å²) in [5.41, 5.74) is 12.4. The van der Waals surface area contributed by atoms with Crippen LogP contribution in [0.4, 0.5) is 0 Å². The average molecular weight is 706 g/mol. The van der Waals surface area contributed by atoms with E-state index < -0.39 is 0 Å². The first-order valence-corrected chi connectivity index (χ1v) is 19.1. The molecular formula is C50H31N3S. The Morgan fingerprint density at radius 3 is 1.72 bits per heavy atom. The maximum absolute atomic E-state index is 5.41. The molecule has 0 spiro atoms. The molecule has 252 valence electrons. The molecule has 0 saturated carbocycles. The summed E-state index contributed by atoms with van der Waals surface area (Å²) in [6.45, 7) is 0. The number of benzene rings is 8. The molecule has 0 aliphatic heterocycles. The number of hydrogen-bond donors (Lipinski definition) is 0. The molecule has 3 aromatic heterocycles. The summed E-state index contributed by atoms with van der Waals surface area (Å²) in [5, 5.41) is 6.01. The Bertz CT molecular complexity index is 3150. The Labute approximate surface area is 316 Å². The molecule has 11 rings (SSSR count). The van der Waals surface area contributed by atoms with Crippen molar-refractivity contribution < 1.29 is 0 Å². The summed E-state index contributed by atoms with van der Waals surface area (Å²) in [7, 11) is 0. The van der Waals surface area contributed by atoms with Crippen molar-refractivity contribution in [2.24, 2.45) is 0 Å². The monoisotopic (exact) mass is 705 g/mol. The van der Waals surface area contributed by atoms with Gasteiger partial charge >= 0.3 is 0 Å². The van der Waals surface area contributed by atoms with Gasteiger partial charge in [0.25, 0.3) is 0 Å². The summed E-state index contributed by atoms with van der Waals surface area (Å²) >= 11 is 1.76. The quantitative estimate of drug-likeness (QED) is 0.178. The first-order chi connectivity index (χ1) is 26.8. The second kappa shape index (κ2) is 12.4. The molecule has 0 atom stereocenters. The fourth-order valence-corrected chi connectivity index (χ4v) is 9.29. The predicted octanol–water partition coefficient (Wildman–Crippen LogP) is 13.8. The highest BCUT2D eigenvalue weighted by Crippen LogP contribution is 2.42. The highest BCUT2D eigenvalue weighted by molar-refractivity contribution is 7.26. The third-order valence-electron chi connectivity index (χ3n) is 10.6. The van der Waals surface area contributed by atoms with E-state index >= 15 is 0 Å². The zero-order chi connectivity index (χ0) is 35.6. The summed E-state index contributed by atoms with van der Waals surface area (Å²) in [4.78, 5) is 10.7. The van der Waals surface area contributed by atoms with Crippen LogP contribution in [0, 0.1) is 0 Å². The predicted molar refractivity (Wildman–Crippen MR) is 229 cm³/mol. The molecule has 4 heteroatoms. The standard InChI is InChI=1S/C50H31N3S/c1-2-13-32(14-3-1)36-17-10-18-37(31-36)39-23-12-16-34-15-11-22-38(46(34)39)33-27-29-35(30-28-33)47-49-48(42-21-6-9-26-45(42)54-49)52-50(51-47)53-43-24-7-4-19-40(43)41-20-5-8-25-44(41)53/h1-31H. The number of fused-ring (bicyclic) bond motifs is 7. The molecule has 0 amide bonds. The maximum atomic E-state index is 5.41. The zero-order valence-corrected chi connectivity index (χ0v) is 30.0. The molecule has 54 heavy (non-hydrogen) atoms. The van der Waals surface area contributed by atoms with Crippen LogP contribution in [0.5, 0.6) is 0 Å². The largest absolute Gasteiger partial charge is 0.278 e. The molecule has 11 aromatic rings. The van der Waals surface area contributed by atoms with Gasteiger partial charge in [0.05, 0.1) is 26.9 Å². The van der Waals surface area contributed by atoms with E-state index in [0.29, 0.717) is 5.95 Å². The Morgan fingerprint density at radius 2 is 0.981 bits per heavy atom. The zero-order valence-electron chi connectivity index (χ0n) is 29.1. The molecular weight excluding hydrogens is 675 g/mol. The van der Waals surface area contributed by atoms with Gasteiger partial charge in [0.1, 0.15) is 0 Å². The first kappa shape index (κ1) is 30.7. The van der Waals surface area contributed by atoms with Crippen molar-refractivity contribution in [3.63, 3.8) is 0 Å². The van der Waals surface area contributed by atoms with Crippen LogP contribution in [0.3, 0.4) is 0 Å². The van der Waals surface area contributed by atoms with Crippen LogP contribution >= 0.6 is 11.3 Å². The summed E-state index contributed by atoms with van der Waals surface area (Å²) in [6, 6.07) is 67.4. The molecule has 0 unspecified atom stereocenters. The SMILES string of the molecule is c1ccc(-c2cccc(-c3cccc4cccc(-c5ccc(-c6nc(-n7c8ccccc8c8ccccc87)nc7c6sc6ccccc67)cc5)c34)c2)cc1. The second-order valence-electron chi connectivity index (χ2n) is 13.8. The van der Waals surface area contributed by atoms with Crippen molar-refractivity contribution >= 4 is 64.2 Å². The van der Waals surface area contributed by atoms with E-state index in [1.165, 1.54) is 59.6 Å². The van der Waals surface area contributed by atoms with Gasteiger partial charge in [-0.05, 0) is 68.4 Å². The lowest BCUT2D eigenvalue weighted by atomic mass is 9.90. The minimum absolute atomic E-state index is 0.680. The molecule has 0 radical (unpaired) electrons. The molecule has 0 saturated heterocycles. The minimum Gasteiger partial charge on any atom is -0.278 e. The van der Waals surface area contributed by atoms with E-state index in [0.717, 1.165) is 37.9 Å². The smallest absolute Gasteiger partial charge is 0.235 e. The van der Waals surface area contributed by atoms with Gasteiger partial charge in [-0.15, -0.1) is 11.3 Å². The second-order valence-corrected chi connectivity index (χ2v) is 14.8. The molecule has 0 bridgehead atoms. The molecule has 3 nitrogen and oxygen atoms in total. The summed E-state index contributed by atoms with van der Waals surface area (Å²) < 4.78 is 4.52. The number of aromatic nitrogens is 3. The minimum atomic E-state index is 0.680. The fraction of sp³-hybridized carbons (Fsp3) is 0. The van der Waals surface area contributed by atoms with E-state index in [2.05, 4.69) is 193 Å². The summed E-state index contributed by atoms with van der Waals surface area (Å²) in [5.74, 6) is 0.680. The van der Waals surface area contributed by atoms with Crippen LogP contribution < -0.4 is 0 Å². The molecule has 0 aliphatic carbocycles. The number of hydrogen-bond acceptors (Lipinski definition) is 3. The molecule has 0 N–H and O–H groups in total. The van der Waals surface area contributed by atoms with E-state index in [-0.39, 0.29) is 0 Å². The van der Waals surface area contributed by atoms with Crippen molar-refractivity contribution in [2.75, 3.05) is 0 Å².